The van der Waals surface area contributed by atoms with Crippen LogP contribution in [0, 0.1) is 0 Å². The first-order valence-electron chi connectivity index (χ1n) is 9.98. The summed E-state index contributed by atoms with van der Waals surface area (Å²) < 4.78 is 12.3. The molecule has 2 aromatic heterocycles. The van der Waals surface area contributed by atoms with Crippen molar-refractivity contribution >= 4 is 28.8 Å². The lowest BCUT2D eigenvalue weighted by molar-refractivity contribution is 0.0946. The minimum Gasteiger partial charge on any atom is -0.493 e. The van der Waals surface area contributed by atoms with Crippen LogP contribution < -0.4 is 14.8 Å². The van der Waals surface area contributed by atoms with Crippen molar-refractivity contribution in [1.82, 2.24) is 15.1 Å². The fourth-order valence-electron chi connectivity index (χ4n) is 3.31. The number of ether oxygens (including phenoxy) is 2. The summed E-state index contributed by atoms with van der Waals surface area (Å²) in [6.45, 7) is 0.467. The molecule has 0 aliphatic heterocycles. The Morgan fingerprint density at radius 3 is 2.53 bits per heavy atom. The van der Waals surface area contributed by atoms with Gasteiger partial charge in [0.05, 0.1) is 24.8 Å². The molecule has 0 atom stereocenters. The van der Waals surface area contributed by atoms with Crippen molar-refractivity contribution in [3.05, 3.63) is 82.3 Å². The molecule has 2 heterocycles. The van der Waals surface area contributed by atoms with Crippen LogP contribution in [0.2, 0.25) is 5.02 Å². The van der Waals surface area contributed by atoms with E-state index in [0.29, 0.717) is 35.2 Å². The smallest absolute Gasteiger partial charge is 0.270 e. The van der Waals surface area contributed by atoms with Gasteiger partial charge in [0, 0.05) is 11.6 Å². The highest BCUT2D eigenvalue weighted by Crippen LogP contribution is 2.28. The van der Waals surface area contributed by atoms with E-state index < -0.39 is 0 Å². The van der Waals surface area contributed by atoms with Crippen LogP contribution in [0.4, 0.5) is 0 Å². The van der Waals surface area contributed by atoms with Crippen LogP contribution in [0.3, 0.4) is 0 Å². The van der Waals surface area contributed by atoms with E-state index in [4.69, 9.17) is 21.1 Å². The highest BCUT2D eigenvalue weighted by atomic mass is 35.5. The van der Waals surface area contributed by atoms with Gasteiger partial charge < -0.3 is 14.8 Å². The van der Waals surface area contributed by atoms with Crippen molar-refractivity contribution in [3.8, 4) is 27.8 Å². The molecule has 0 spiro atoms. The number of thiophene rings is 1. The number of benzene rings is 2. The molecule has 0 aliphatic carbocycles. The van der Waals surface area contributed by atoms with Crippen LogP contribution in [0.5, 0.6) is 11.5 Å². The summed E-state index contributed by atoms with van der Waals surface area (Å²) in [4.78, 5) is 14.1. The van der Waals surface area contributed by atoms with Gasteiger partial charge in [0.15, 0.2) is 11.5 Å². The first-order valence-corrected chi connectivity index (χ1v) is 11.2. The third-order valence-corrected chi connectivity index (χ3v) is 6.08. The molecule has 1 N–H and O–H groups in total. The van der Waals surface area contributed by atoms with Crippen molar-refractivity contribution < 1.29 is 14.3 Å². The molecule has 8 heteroatoms. The minimum absolute atomic E-state index is 0.198. The molecule has 164 valence electrons. The molecule has 6 nitrogen and oxygen atoms in total. The Balaban J connectivity index is 1.53. The first kappa shape index (κ1) is 21.9. The largest absolute Gasteiger partial charge is 0.493 e. The minimum atomic E-state index is -0.198. The zero-order chi connectivity index (χ0) is 22.5. The number of halogens is 1. The molecule has 0 aliphatic rings. The molecule has 4 rings (SSSR count). The fourth-order valence-corrected chi connectivity index (χ4v) is 4.12. The molecule has 0 radical (unpaired) electrons. The first-order chi connectivity index (χ1) is 15.6. The van der Waals surface area contributed by atoms with Gasteiger partial charge in [0.1, 0.15) is 11.4 Å². The maximum absolute atomic E-state index is 13.1. The van der Waals surface area contributed by atoms with Crippen molar-refractivity contribution in [2.24, 2.45) is 0 Å². The van der Waals surface area contributed by atoms with Crippen LogP contribution in [-0.2, 0) is 6.42 Å². The SMILES string of the molecule is COc1ccc(CCNC(=O)c2cc(-c3cccs3)nn2-c2ccc(Cl)cc2)cc1OC. The second kappa shape index (κ2) is 9.89. The molecular formula is C24H22ClN3O3S. The van der Waals surface area contributed by atoms with Crippen LogP contribution in [-0.4, -0.2) is 36.5 Å². The van der Waals surface area contributed by atoms with Crippen LogP contribution in [0.15, 0.2) is 66.0 Å². The summed E-state index contributed by atoms with van der Waals surface area (Å²) in [5.74, 6) is 1.14. The third-order valence-electron chi connectivity index (χ3n) is 4.93. The number of nitrogens with one attached hydrogen (secondary N) is 1. The van der Waals surface area contributed by atoms with Crippen molar-refractivity contribution in [1.29, 1.82) is 0 Å². The number of amides is 1. The molecule has 4 aromatic rings. The summed E-state index contributed by atoms with van der Waals surface area (Å²) in [6.07, 6.45) is 0.652. The standard InChI is InChI=1S/C24H22ClN3O3S/c1-30-21-10-5-16(14-22(21)31-2)11-12-26-24(29)20-15-19(23-4-3-13-32-23)27-28(20)18-8-6-17(25)7-9-18/h3-10,13-15H,11-12H2,1-2H3,(H,26,29). The van der Waals surface area contributed by atoms with Gasteiger partial charge in [-0.2, -0.15) is 5.10 Å². The normalized spacial score (nSPS) is 10.7. The van der Waals surface area contributed by atoms with Gasteiger partial charge in [-0.05, 0) is 65.9 Å². The number of nitrogens with zero attached hydrogens (tertiary/aromatic N) is 2. The average Bonchev–Trinajstić information content (AvgIpc) is 3.49. The van der Waals surface area contributed by atoms with E-state index in [0.717, 1.165) is 21.8 Å². The number of rotatable bonds is 8. The van der Waals surface area contributed by atoms with Gasteiger partial charge >= 0.3 is 0 Å². The number of carbonyl (C=O) groups is 1. The van der Waals surface area contributed by atoms with E-state index in [1.807, 2.05) is 53.9 Å². The second-order valence-electron chi connectivity index (χ2n) is 6.98. The van der Waals surface area contributed by atoms with Crippen LogP contribution in [0.1, 0.15) is 16.1 Å². The summed E-state index contributed by atoms with van der Waals surface area (Å²) in [6, 6.07) is 18.7. The average molecular weight is 468 g/mol. The molecule has 0 saturated carbocycles. The third kappa shape index (κ3) is 4.79. The zero-order valence-electron chi connectivity index (χ0n) is 17.7. The topological polar surface area (TPSA) is 65.4 Å². The van der Waals surface area contributed by atoms with Gasteiger partial charge in [-0.3, -0.25) is 4.79 Å². The van der Waals surface area contributed by atoms with Crippen molar-refractivity contribution in [3.63, 3.8) is 0 Å². The molecule has 0 saturated heterocycles. The highest BCUT2D eigenvalue weighted by Gasteiger charge is 2.18. The van der Waals surface area contributed by atoms with Gasteiger partial charge in [-0.25, -0.2) is 4.68 Å². The van der Waals surface area contributed by atoms with E-state index in [9.17, 15) is 4.79 Å². The van der Waals surface area contributed by atoms with Crippen molar-refractivity contribution in [2.75, 3.05) is 20.8 Å². The van der Waals surface area contributed by atoms with E-state index >= 15 is 0 Å². The summed E-state index contributed by atoms with van der Waals surface area (Å²) >= 11 is 7.61. The predicted molar refractivity (Wildman–Crippen MR) is 127 cm³/mol. The van der Waals surface area contributed by atoms with Gasteiger partial charge in [-0.15, -0.1) is 11.3 Å². The Morgan fingerprint density at radius 2 is 1.84 bits per heavy atom. The lowest BCUT2D eigenvalue weighted by atomic mass is 10.1. The van der Waals surface area contributed by atoms with E-state index in [2.05, 4.69) is 10.4 Å². The predicted octanol–water partition coefficient (Wildman–Crippen LogP) is 5.24. The lowest BCUT2D eigenvalue weighted by Crippen LogP contribution is -2.27. The highest BCUT2D eigenvalue weighted by molar-refractivity contribution is 7.13. The lowest BCUT2D eigenvalue weighted by Gasteiger charge is -2.11. The number of aromatic nitrogens is 2. The maximum atomic E-state index is 13.1. The van der Waals surface area contributed by atoms with Gasteiger partial charge in [0.25, 0.3) is 5.91 Å². The Bertz CT molecular complexity index is 1200. The molecule has 0 unspecified atom stereocenters. The summed E-state index contributed by atoms with van der Waals surface area (Å²) in [7, 11) is 3.21. The fraction of sp³-hybridized carbons (Fsp3) is 0.167. The van der Waals surface area contributed by atoms with E-state index in [-0.39, 0.29) is 5.91 Å². The second-order valence-corrected chi connectivity index (χ2v) is 8.36. The molecule has 2 aromatic carbocycles. The maximum Gasteiger partial charge on any atom is 0.270 e. The number of hydrogen-bond acceptors (Lipinski definition) is 5. The van der Waals surface area contributed by atoms with Crippen molar-refractivity contribution in [2.45, 2.75) is 6.42 Å². The molecule has 32 heavy (non-hydrogen) atoms. The Hall–Kier alpha value is -3.29. The van der Waals surface area contributed by atoms with E-state index in [1.54, 1.807) is 42.4 Å². The molecule has 0 fully saturated rings. The number of hydrogen-bond donors (Lipinski definition) is 1. The van der Waals surface area contributed by atoms with E-state index in [1.165, 1.54) is 0 Å². The monoisotopic (exact) mass is 467 g/mol. The van der Waals surface area contributed by atoms with Crippen LogP contribution in [0.25, 0.3) is 16.3 Å². The summed E-state index contributed by atoms with van der Waals surface area (Å²) in [5, 5.41) is 10.3. The Morgan fingerprint density at radius 1 is 1.06 bits per heavy atom. The zero-order valence-corrected chi connectivity index (χ0v) is 19.2. The number of carbonyl (C=O) groups excluding carboxylic acids is 1. The Kier molecular flexibility index (Phi) is 6.78. The van der Waals surface area contributed by atoms with Crippen LogP contribution >= 0.6 is 22.9 Å². The molecule has 0 bridgehead atoms. The Labute approximate surface area is 195 Å². The number of methoxy groups -OCH3 is 2. The molecule has 1 amide bonds. The van der Waals surface area contributed by atoms with Gasteiger partial charge in [0.2, 0.25) is 0 Å². The molecular weight excluding hydrogens is 446 g/mol. The van der Waals surface area contributed by atoms with Gasteiger partial charge in [-0.1, -0.05) is 23.7 Å². The quantitative estimate of drug-likeness (QED) is 0.384. The summed E-state index contributed by atoms with van der Waals surface area (Å²) in [5.41, 5.74) is 3.01.